The van der Waals surface area contributed by atoms with Crippen molar-refractivity contribution in [1.29, 1.82) is 0 Å². The third kappa shape index (κ3) is 3.23. The van der Waals surface area contributed by atoms with Gasteiger partial charge in [-0.15, -0.1) is 11.3 Å². The summed E-state index contributed by atoms with van der Waals surface area (Å²) in [6.07, 6.45) is 1.54. The van der Waals surface area contributed by atoms with Crippen LogP contribution in [-0.4, -0.2) is 17.6 Å². The molecule has 0 spiro atoms. The smallest absolute Gasteiger partial charge is 0.340 e. The molecular weight excluding hydrogens is 262 g/mol. The highest BCUT2D eigenvalue weighted by molar-refractivity contribution is 7.09. The molecule has 2 aromatic rings. The van der Waals surface area contributed by atoms with Crippen molar-refractivity contribution in [1.82, 2.24) is 4.98 Å². The van der Waals surface area contributed by atoms with E-state index in [1.807, 2.05) is 17.5 Å². The number of esters is 1. The number of anilines is 2. The number of nitrogens with one attached hydrogen (secondary N) is 1. The van der Waals surface area contributed by atoms with Crippen molar-refractivity contribution in [2.24, 2.45) is 0 Å². The third-order valence-corrected chi connectivity index (χ3v) is 3.37. The number of hydrogen-bond donors (Lipinski definition) is 2. The zero-order valence-corrected chi connectivity index (χ0v) is 11.4. The molecule has 0 saturated carbocycles. The molecule has 6 heteroatoms. The van der Waals surface area contributed by atoms with Gasteiger partial charge in [-0.25, -0.2) is 9.78 Å². The molecule has 0 aliphatic heterocycles. The number of ether oxygens (including phenoxy) is 1. The highest BCUT2D eigenvalue weighted by Crippen LogP contribution is 2.22. The van der Waals surface area contributed by atoms with Crippen LogP contribution in [0.25, 0.3) is 0 Å². The number of rotatable bonds is 5. The summed E-state index contributed by atoms with van der Waals surface area (Å²) in [5.41, 5.74) is 6.59. The summed E-state index contributed by atoms with van der Waals surface area (Å²) in [6, 6.07) is 5.56. The maximum Gasteiger partial charge on any atom is 0.340 e. The van der Waals surface area contributed by atoms with Crippen LogP contribution in [-0.2, 0) is 11.3 Å². The molecule has 0 aliphatic rings. The van der Waals surface area contributed by atoms with Crippen molar-refractivity contribution in [2.45, 2.75) is 13.5 Å². The van der Waals surface area contributed by atoms with E-state index >= 15 is 0 Å². The van der Waals surface area contributed by atoms with Crippen LogP contribution in [0, 0.1) is 0 Å². The first-order chi connectivity index (χ1) is 9.22. The van der Waals surface area contributed by atoms with Gasteiger partial charge in [-0.2, -0.15) is 0 Å². The number of hydrogen-bond acceptors (Lipinski definition) is 6. The molecule has 0 aliphatic carbocycles. The van der Waals surface area contributed by atoms with Crippen LogP contribution in [0.15, 0.2) is 29.8 Å². The molecule has 0 radical (unpaired) electrons. The van der Waals surface area contributed by atoms with Crippen LogP contribution >= 0.6 is 11.3 Å². The van der Waals surface area contributed by atoms with E-state index in [9.17, 15) is 4.79 Å². The number of thiophene rings is 1. The van der Waals surface area contributed by atoms with Crippen LogP contribution in [0.1, 0.15) is 22.2 Å². The van der Waals surface area contributed by atoms with Gasteiger partial charge in [0.15, 0.2) is 0 Å². The average molecular weight is 277 g/mol. The lowest BCUT2D eigenvalue weighted by molar-refractivity contribution is 0.0527. The molecule has 0 unspecified atom stereocenters. The minimum atomic E-state index is -0.429. The maximum atomic E-state index is 11.7. The number of carbonyl (C=O) groups is 1. The van der Waals surface area contributed by atoms with Gasteiger partial charge in [-0.3, -0.25) is 0 Å². The lowest BCUT2D eigenvalue weighted by Gasteiger charge is -2.10. The summed E-state index contributed by atoms with van der Waals surface area (Å²) in [4.78, 5) is 17.0. The summed E-state index contributed by atoms with van der Waals surface area (Å²) in [5, 5.41) is 5.12. The van der Waals surface area contributed by atoms with Gasteiger partial charge in [0.05, 0.1) is 24.4 Å². The highest BCUT2D eigenvalue weighted by Gasteiger charge is 2.14. The Kier molecular flexibility index (Phi) is 4.35. The van der Waals surface area contributed by atoms with Crippen molar-refractivity contribution in [3.05, 3.63) is 40.2 Å². The summed E-state index contributed by atoms with van der Waals surface area (Å²) in [5.74, 6) is 0.0699. The fourth-order valence-corrected chi connectivity index (χ4v) is 2.23. The minimum Gasteiger partial charge on any atom is -0.462 e. The summed E-state index contributed by atoms with van der Waals surface area (Å²) in [6.45, 7) is 2.70. The molecule has 2 aromatic heterocycles. The second kappa shape index (κ2) is 6.19. The lowest BCUT2D eigenvalue weighted by Crippen LogP contribution is -2.11. The topological polar surface area (TPSA) is 77.2 Å². The van der Waals surface area contributed by atoms with Crippen molar-refractivity contribution < 1.29 is 9.53 Å². The monoisotopic (exact) mass is 277 g/mol. The Morgan fingerprint density at radius 1 is 1.53 bits per heavy atom. The molecule has 0 bridgehead atoms. The largest absolute Gasteiger partial charge is 0.462 e. The van der Waals surface area contributed by atoms with E-state index in [1.54, 1.807) is 30.5 Å². The number of nitrogens with two attached hydrogens (primary N) is 1. The van der Waals surface area contributed by atoms with Gasteiger partial charge in [0.1, 0.15) is 5.82 Å². The first-order valence-corrected chi connectivity index (χ1v) is 6.78. The quantitative estimate of drug-likeness (QED) is 0.821. The average Bonchev–Trinajstić information content (AvgIpc) is 2.91. The van der Waals surface area contributed by atoms with E-state index in [2.05, 4.69) is 10.3 Å². The van der Waals surface area contributed by atoms with Gasteiger partial charge in [0, 0.05) is 11.1 Å². The number of aromatic nitrogens is 1. The van der Waals surface area contributed by atoms with Crippen LogP contribution in [0.5, 0.6) is 0 Å². The molecule has 19 heavy (non-hydrogen) atoms. The zero-order chi connectivity index (χ0) is 13.7. The molecule has 5 nitrogen and oxygen atoms in total. The second-order valence-corrected chi connectivity index (χ2v) is 4.81. The van der Waals surface area contributed by atoms with Gasteiger partial charge in [-0.05, 0) is 24.4 Å². The molecule has 0 fully saturated rings. The number of nitrogens with zero attached hydrogens (tertiary/aromatic N) is 1. The van der Waals surface area contributed by atoms with E-state index in [0.29, 0.717) is 30.2 Å². The van der Waals surface area contributed by atoms with E-state index < -0.39 is 5.97 Å². The van der Waals surface area contributed by atoms with Gasteiger partial charge < -0.3 is 15.8 Å². The molecule has 0 saturated heterocycles. The van der Waals surface area contributed by atoms with Crippen molar-refractivity contribution in [2.75, 3.05) is 17.7 Å². The Hall–Kier alpha value is -2.08. The third-order valence-electron chi connectivity index (χ3n) is 2.50. The van der Waals surface area contributed by atoms with Crippen LogP contribution in [0.3, 0.4) is 0 Å². The fourth-order valence-electron chi connectivity index (χ4n) is 1.58. The lowest BCUT2D eigenvalue weighted by atomic mass is 10.2. The van der Waals surface area contributed by atoms with Crippen molar-refractivity contribution >= 4 is 28.8 Å². The number of carbonyl (C=O) groups excluding carboxylic acids is 1. The molecule has 3 N–H and O–H groups in total. The Labute approximate surface area is 115 Å². The summed E-state index contributed by atoms with van der Waals surface area (Å²) >= 11 is 1.64. The first-order valence-electron chi connectivity index (χ1n) is 5.90. The predicted molar refractivity (Wildman–Crippen MR) is 76.3 cm³/mol. The standard InChI is InChI=1S/C13H15N3O2S/c1-2-18-13(17)10-5-6-15-12(11(10)14)16-8-9-4-3-7-19-9/h3-7H,2,8,14H2,1H3,(H,15,16). The van der Waals surface area contributed by atoms with E-state index in [0.717, 1.165) is 0 Å². The summed E-state index contributed by atoms with van der Waals surface area (Å²) in [7, 11) is 0. The first kappa shape index (κ1) is 13.4. The fraction of sp³-hybridized carbons (Fsp3) is 0.231. The number of nitrogen functional groups attached to an aromatic ring is 1. The van der Waals surface area contributed by atoms with Crippen LogP contribution in [0.2, 0.25) is 0 Å². The van der Waals surface area contributed by atoms with E-state index in [1.165, 1.54) is 4.88 Å². The Bertz CT molecular complexity index is 555. The normalized spacial score (nSPS) is 10.2. The molecule has 100 valence electrons. The summed E-state index contributed by atoms with van der Waals surface area (Å²) < 4.78 is 4.94. The maximum absolute atomic E-state index is 11.7. The van der Waals surface area contributed by atoms with Crippen molar-refractivity contribution in [3.8, 4) is 0 Å². The molecule has 0 amide bonds. The van der Waals surface area contributed by atoms with Crippen molar-refractivity contribution in [3.63, 3.8) is 0 Å². The Balaban J connectivity index is 2.13. The SMILES string of the molecule is CCOC(=O)c1ccnc(NCc2cccs2)c1N. The molecule has 0 aromatic carbocycles. The Morgan fingerprint density at radius 2 is 2.37 bits per heavy atom. The predicted octanol–water partition coefficient (Wildman–Crippen LogP) is 2.51. The second-order valence-electron chi connectivity index (χ2n) is 3.77. The Morgan fingerprint density at radius 3 is 3.05 bits per heavy atom. The zero-order valence-electron chi connectivity index (χ0n) is 10.6. The van der Waals surface area contributed by atoms with Gasteiger partial charge >= 0.3 is 5.97 Å². The molecule has 0 atom stereocenters. The number of pyridine rings is 1. The molecular formula is C13H15N3O2S. The van der Waals surface area contributed by atoms with Crippen LogP contribution < -0.4 is 11.1 Å². The minimum absolute atomic E-state index is 0.317. The van der Waals surface area contributed by atoms with Gasteiger partial charge in [0.2, 0.25) is 0 Å². The van der Waals surface area contributed by atoms with Gasteiger partial charge in [-0.1, -0.05) is 6.07 Å². The highest BCUT2D eigenvalue weighted by atomic mass is 32.1. The van der Waals surface area contributed by atoms with E-state index in [4.69, 9.17) is 10.5 Å². The van der Waals surface area contributed by atoms with E-state index in [-0.39, 0.29) is 0 Å². The van der Waals surface area contributed by atoms with Gasteiger partial charge in [0.25, 0.3) is 0 Å². The van der Waals surface area contributed by atoms with Crippen LogP contribution in [0.4, 0.5) is 11.5 Å². The molecule has 2 heterocycles. The molecule has 2 rings (SSSR count).